The lowest BCUT2D eigenvalue weighted by molar-refractivity contribution is 0.139. The Bertz CT molecular complexity index is 344. The van der Waals surface area contributed by atoms with E-state index in [2.05, 4.69) is 42.6 Å². The van der Waals surface area contributed by atoms with Gasteiger partial charge < -0.3 is 10.1 Å². The summed E-state index contributed by atoms with van der Waals surface area (Å²) in [4.78, 5) is 0. The molecule has 1 aliphatic carbocycles. The third-order valence-electron chi connectivity index (χ3n) is 4.17. The average Bonchev–Trinajstić information content (AvgIpc) is 2.49. The second-order valence-corrected chi connectivity index (χ2v) is 5.49. The van der Waals surface area contributed by atoms with Crippen LogP contribution in [0.3, 0.4) is 0 Å². The molecule has 19 heavy (non-hydrogen) atoms. The molecule has 0 saturated heterocycles. The minimum Gasteiger partial charge on any atom is -0.382 e. The van der Waals surface area contributed by atoms with Crippen LogP contribution in [0, 0.1) is 0 Å². The van der Waals surface area contributed by atoms with Gasteiger partial charge in [0.1, 0.15) is 0 Å². The minimum absolute atomic E-state index is 0.214. The molecule has 2 rings (SSSR count). The predicted octanol–water partition coefficient (Wildman–Crippen LogP) is 3.86. The fourth-order valence-electron chi connectivity index (χ4n) is 3.13. The summed E-state index contributed by atoms with van der Waals surface area (Å²) in [5.41, 5.74) is 1.68. The fraction of sp³-hybridized carbons (Fsp3) is 0.647. The Morgan fingerprint density at radius 2 is 1.84 bits per heavy atom. The summed E-state index contributed by atoms with van der Waals surface area (Å²) in [6.45, 7) is 4.80. The van der Waals surface area contributed by atoms with Crippen LogP contribution < -0.4 is 5.32 Å². The van der Waals surface area contributed by atoms with Gasteiger partial charge in [-0.05, 0) is 38.3 Å². The molecule has 1 aromatic rings. The van der Waals surface area contributed by atoms with Crippen molar-refractivity contribution in [1.82, 2.24) is 5.32 Å². The predicted molar refractivity (Wildman–Crippen MR) is 80.3 cm³/mol. The highest BCUT2D eigenvalue weighted by Crippen LogP contribution is 2.36. The van der Waals surface area contributed by atoms with Crippen LogP contribution in [0.5, 0.6) is 0 Å². The van der Waals surface area contributed by atoms with Crippen molar-refractivity contribution in [1.29, 1.82) is 0 Å². The quantitative estimate of drug-likeness (QED) is 0.752. The monoisotopic (exact) mass is 261 g/mol. The third kappa shape index (κ3) is 4.05. The van der Waals surface area contributed by atoms with Gasteiger partial charge in [-0.3, -0.25) is 0 Å². The molecule has 1 N–H and O–H groups in total. The topological polar surface area (TPSA) is 21.3 Å². The first-order chi connectivity index (χ1) is 9.37. The lowest BCUT2D eigenvalue weighted by Crippen LogP contribution is -2.44. The summed E-state index contributed by atoms with van der Waals surface area (Å²) in [5.74, 6) is 0. The van der Waals surface area contributed by atoms with Crippen molar-refractivity contribution in [2.75, 3.05) is 19.8 Å². The number of hydrogen-bond acceptors (Lipinski definition) is 2. The Balaban J connectivity index is 1.95. The van der Waals surface area contributed by atoms with Gasteiger partial charge in [-0.2, -0.15) is 0 Å². The van der Waals surface area contributed by atoms with Gasteiger partial charge in [-0.1, -0.05) is 49.6 Å². The van der Waals surface area contributed by atoms with Gasteiger partial charge in [-0.15, -0.1) is 0 Å². The van der Waals surface area contributed by atoms with E-state index >= 15 is 0 Å². The van der Waals surface area contributed by atoms with Crippen LogP contribution in [-0.2, 0) is 10.3 Å². The Hall–Kier alpha value is -0.860. The van der Waals surface area contributed by atoms with E-state index in [0.717, 1.165) is 26.2 Å². The molecule has 0 bridgehead atoms. The van der Waals surface area contributed by atoms with E-state index in [4.69, 9.17) is 4.74 Å². The van der Waals surface area contributed by atoms with Crippen molar-refractivity contribution in [3.05, 3.63) is 35.9 Å². The molecule has 0 amide bonds. The number of nitrogens with one attached hydrogen (secondary N) is 1. The van der Waals surface area contributed by atoms with Crippen LogP contribution in [-0.4, -0.2) is 19.8 Å². The average molecular weight is 261 g/mol. The van der Waals surface area contributed by atoms with Crippen LogP contribution in [0.1, 0.15) is 51.0 Å². The SMILES string of the molecule is CCOCCCNC1(c2ccccc2)CCCCC1. The van der Waals surface area contributed by atoms with E-state index in [0.29, 0.717) is 0 Å². The molecule has 1 aliphatic rings. The molecule has 106 valence electrons. The lowest BCUT2D eigenvalue weighted by Gasteiger charge is -2.39. The molecule has 0 atom stereocenters. The summed E-state index contributed by atoms with van der Waals surface area (Å²) >= 11 is 0. The van der Waals surface area contributed by atoms with Gasteiger partial charge in [0, 0.05) is 18.8 Å². The zero-order valence-corrected chi connectivity index (χ0v) is 12.2. The Labute approximate surface area is 117 Å². The van der Waals surface area contributed by atoms with Crippen LogP contribution in [0.15, 0.2) is 30.3 Å². The maximum Gasteiger partial charge on any atom is 0.0478 e. The standard InChI is InChI=1S/C17H27NO/c1-2-19-15-9-14-18-17(12-7-4-8-13-17)16-10-5-3-6-11-16/h3,5-6,10-11,18H,2,4,7-9,12-15H2,1H3. The van der Waals surface area contributed by atoms with Crippen LogP contribution in [0.25, 0.3) is 0 Å². The zero-order chi connectivity index (χ0) is 13.4. The van der Waals surface area contributed by atoms with Crippen molar-refractivity contribution in [2.45, 2.75) is 51.0 Å². The second kappa shape index (κ2) is 7.66. The number of hydrogen-bond donors (Lipinski definition) is 1. The maximum absolute atomic E-state index is 5.42. The second-order valence-electron chi connectivity index (χ2n) is 5.49. The normalized spacial score (nSPS) is 18.4. The largest absolute Gasteiger partial charge is 0.382 e. The maximum atomic E-state index is 5.42. The Morgan fingerprint density at radius 3 is 2.53 bits per heavy atom. The van der Waals surface area contributed by atoms with E-state index in [1.165, 1.54) is 37.7 Å². The van der Waals surface area contributed by atoms with E-state index in [1.807, 2.05) is 0 Å². The number of benzene rings is 1. The summed E-state index contributed by atoms with van der Waals surface area (Å²) in [7, 11) is 0. The Morgan fingerprint density at radius 1 is 1.11 bits per heavy atom. The smallest absolute Gasteiger partial charge is 0.0478 e. The van der Waals surface area contributed by atoms with E-state index < -0.39 is 0 Å². The molecule has 0 radical (unpaired) electrons. The van der Waals surface area contributed by atoms with Crippen molar-refractivity contribution < 1.29 is 4.74 Å². The number of rotatable bonds is 7. The highest BCUT2D eigenvalue weighted by molar-refractivity contribution is 5.25. The molecule has 1 saturated carbocycles. The van der Waals surface area contributed by atoms with Crippen molar-refractivity contribution in [3.8, 4) is 0 Å². The molecule has 2 heteroatoms. The number of ether oxygens (including phenoxy) is 1. The van der Waals surface area contributed by atoms with Crippen molar-refractivity contribution in [3.63, 3.8) is 0 Å². The summed E-state index contributed by atoms with van der Waals surface area (Å²) in [6.07, 6.45) is 7.70. The lowest BCUT2D eigenvalue weighted by atomic mass is 9.76. The van der Waals surface area contributed by atoms with Crippen LogP contribution in [0.4, 0.5) is 0 Å². The minimum atomic E-state index is 0.214. The van der Waals surface area contributed by atoms with E-state index in [-0.39, 0.29) is 5.54 Å². The molecule has 0 aromatic heterocycles. The molecule has 0 unspecified atom stereocenters. The third-order valence-corrected chi connectivity index (χ3v) is 4.17. The van der Waals surface area contributed by atoms with E-state index in [1.54, 1.807) is 0 Å². The summed E-state index contributed by atoms with van der Waals surface area (Å²) < 4.78 is 5.42. The van der Waals surface area contributed by atoms with Crippen molar-refractivity contribution >= 4 is 0 Å². The fourth-order valence-corrected chi connectivity index (χ4v) is 3.13. The first-order valence-corrected chi connectivity index (χ1v) is 7.76. The molecule has 0 heterocycles. The van der Waals surface area contributed by atoms with Crippen LogP contribution in [0.2, 0.25) is 0 Å². The summed E-state index contributed by atoms with van der Waals surface area (Å²) in [6, 6.07) is 11.0. The Kier molecular flexibility index (Phi) is 5.87. The summed E-state index contributed by atoms with van der Waals surface area (Å²) in [5, 5.41) is 3.83. The van der Waals surface area contributed by atoms with E-state index in [9.17, 15) is 0 Å². The van der Waals surface area contributed by atoms with Gasteiger partial charge in [0.15, 0.2) is 0 Å². The molecule has 2 nitrogen and oxygen atoms in total. The molecule has 0 spiro atoms. The molecule has 0 aliphatic heterocycles. The van der Waals surface area contributed by atoms with Gasteiger partial charge in [0.05, 0.1) is 0 Å². The molecular weight excluding hydrogens is 234 g/mol. The van der Waals surface area contributed by atoms with Crippen molar-refractivity contribution in [2.24, 2.45) is 0 Å². The van der Waals surface area contributed by atoms with Crippen LogP contribution >= 0.6 is 0 Å². The highest BCUT2D eigenvalue weighted by atomic mass is 16.5. The molecule has 1 aromatic carbocycles. The van der Waals surface area contributed by atoms with Gasteiger partial charge >= 0.3 is 0 Å². The highest BCUT2D eigenvalue weighted by Gasteiger charge is 2.32. The first-order valence-electron chi connectivity index (χ1n) is 7.76. The van der Waals surface area contributed by atoms with Gasteiger partial charge in [0.2, 0.25) is 0 Å². The molecular formula is C17H27NO. The van der Waals surface area contributed by atoms with Gasteiger partial charge in [-0.25, -0.2) is 0 Å². The molecule has 1 fully saturated rings. The first kappa shape index (κ1) is 14.5. The van der Waals surface area contributed by atoms with Gasteiger partial charge in [0.25, 0.3) is 0 Å². The zero-order valence-electron chi connectivity index (χ0n) is 12.2.